The second-order valence-corrected chi connectivity index (χ2v) is 12.5. The lowest BCUT2D eigenvalue weighted by Crippen LogP contribution is -2.58. The first kappa shape index (κ1) is 32.0. The summed E-state index contributed by atoms with van der Waals surface area (Å²) >= 11 is 0. The summed E-state index contributed by atoms with van der Waals surface area (Å²) in [6.07, 6.45) is 10.2. The van der Waals surface area contributed by atoms with Gasteiger partial charge in [0.15, 0.2) is 0 Å². The Morgan fingerprint density at radius 1 is 0.524 bits per heavy atom. The maximum Gasteiger partial charge on any atom is 0.269 e. The van der Waals surface area contributed by atoms with Crippen LogP contribution in [0.25, 0.3) is 0 Å². The van der Waals surface area contributed by atoms with Crippen molar-refractivity contribution in [2.75, 3.05) is 65.4 Å². The quantitative estimate of drug-likeness (QED) is 0.115. The largest absolute Gasteiger partial charge is 0.318 e. The van der Waals surface area contributed by atoms with Gasteiger partial charge in [0.05, 0.1) is 49.1 Å². The van der Waals surface area contributed by atoms with Crippen molar-refractivity contribution in [1.82, 2.24) is 10.6 Å². The van der Waals surface area contributed by atoms with Crippen molar-refractivity contribution in [2.45, 2.75) is 64.5 Å². The predicted molar refractivity (Wildman–Crippen MR) is 166 cm³/mol. The van der Waals surface area contributed by atoms with E-state index in [1.807, 2.05) is 24.3 Å². The third kappa shape index (κ3) is 9.83. The molecule has 2 fully saturated rings. The zero-order valence-electron chi connectivity index (χ0n) is 25.2. The van der Waals surface area contributed by atoms with Gasteiger partial charge in [0.25, 0.3) is 11.4 Å². The summed E-state index contributed by atoms with van der Waals surface area (Å²) in [4.78, 5) is 21.4. The molecule has 0 aliphatic carbocycles. The summed E-state index contributed by atoms with van der Waals surface area (Å²) in [5, 5.41) is 29.0. The van der Waals surface area contributed by atoms with Gasteiger partial charge < -0.3 is 19.6 Å². The van der Waals surface area contributed by atoms with E-state index in [1.54, 1.807) is 24.3 Å². The molecule has 230 valence electrons. The maximum absolute atomic E-state index is 11.0. The number of non-ortho nitro benzene ring substituents is 2. The molecular formula is C32H50N6O4+2. The first-order chi connectivity index (χ1) is 20.4. The SMILES string of the molecule is O=[N+]([O-])c1ccc(C[N+]2(CCCCCCCCCC[N+]3(Cc4ccc([N+](=O)[O-])cc4)CCNCC3)CCNCC2)cc1. The molecule has 0 bridgehead atoms. The molecule has 0 aromatic heterocycles. The van der Waals surface area contributed by atoms with Gasteiger partial charge in [0, 0.05) is 61.6 Å². The molecule has 0 radical (unpaired) electrons. The van der Waals surface area contributed by atoms with Crippen LogP contribution in [-0.4, -0.2) is 84.3 Å². The van der Waals surface area contributed by atoms with E-state index >= 15 is 0 Å². The molecule has 2 N–H and O–H groups in total. The number of unbranched alkanes of at least 4 members (excludes halogenated alkanes) is 7. The number of piperazine rings is 2. The summed E-state index contributed by atoms with van der Waals surface area (Å²) in [5.41, 5.74) is 2.72. The van der Waals surface area contributed by atoms with Gasteiger partial charge in [-0.25, -0.2) is 0 Å². The van der Waals surface area contributed by atoms with Gasteiger partial charge >= 0.3 is 0 Å². The van der Waals surface area contributed by atoms with Crippen LogP contribution in [0.3, 0.4) is 0 Å². The van der Waals surface area contributed by atoms with Gasteiger partial charge in [-0.05, 0) is 49.9 Å². The lowest BCUT2D eigenvalue weighted by molar-refractivity contribution is -0.942. The molecule has 2 aliphatic rings. The molecule has 0 atom stereocenters. The van der Waals surface area contributed by atoms with Crippen molar-refractivity contribution in [3.63, 3.8) is 0 Å². The van der Waals surface area contributed by atoms with Crippen molar-refractivity contribution >= 4 is 11.4 Å². The number of quaternary nitrogens is 2. The summed E-state index contributed by atoms with van der Waals surface area (Å²) in [7, 11) is 0. The molecule has 10 nitrogen and oxygen atoms in total. The Morgan fingerprint density at radius 2 is 0.833 bits per heavy atom. The Hall–Kier alpha value is -2.92. The van der Waals surface area contributed by atoms with E-state index in [1.165, 1.54) is 75.6 Å². The summed E-state index contributed by atoms with van der Waals surface area (Å²) in [6.45, 7) is 12.9. The molecule has 2 heterocycles. The van der Waals surface area contributed by atoms with Crippen molar-refractivity contribution < 1.29 is 18.8 Å². The van der Waals surface area contributed by atoms with E-state index in [2.05, 4.69) is 10.6 Å². The van der Waals surface area contributed by atoms with Crippen molar-refractivity contribution in [1.29, 1.82) is 0 Å². The molecule has 0 unspecified atom stereocenters. The zero-order chi connectivity index (χ0) is 29.7. The van der Waals surface area contributed by atoms with Gasteiger partial charge in [-0.3, -0.25) is 20.2 Å². The Bertz CT molecular complexity index is 1020. The fraction of sp³-hybridized carbons (Fsp3) is 0.625. The molecule has 0 saturated carbocycles. The molecule has 2 aromatic rings. The van der Waals surface area contributed by atoms with E-state index in [-0.39, 0.29) is 21.2 Å². The fourth-order valence-electron chi connectivity index (χ4n) is 6.84. The molecular weight excluding hydrogens is 532 g/mol. The summed E-state index contributed by atoms with van der Waals surface area (Å²) in [5.74, 6) is 0. The minimum absolute atomic E-state index is 0.165. The van der Waals surface area contributed by atoms with Crippen molar-refractivity contribution in [2.24, 2.45) is 0 Å². The minimum Gasteiger partial charge on any atom is -0.318 e. The molecule has 4 rings (SSSR count). The van der Waals surface area contributed by atoms with Crippen LogP contribution in [0.5, 0.6) is 0 Å². The smallest absolute Gasteiger partial charge is 0.269 e. The topological polar surface area (TPSA) is 110 Å². The Morgan fingerprint density at radius 3 is 1.14 bits per heavy atom. The van der Waals surface area contributed by atoms with E-state index in [9.17, 15) is 20.2 Å². The van der Waals surface area contributed by atoms with Crippen molar-refractivity contribution in [3.05, 3.63) is 79.9 Å². The number of benzene rings is 2. The molecule has 0 amide bonds. The lowest BCUT2D eigenvalue weighted by atomic mass is 10.1. The second-order valence-electron chi connectivity index (χ2n) is 12.5. The Labute approximate surface area is 250 Å². The highest BCUT2D eigenvalue weighted by molar-refractivity contribution is 5.33. The first-order valence-corrected chi connectivity index (χ1v) is 16.0. The highest BCUT2D eigenvalue weighted by atomic mass is 16.6. The zero-order valence-corrected chi connectivity index (χ0v) is 25.2. The van der Waals surface area contributed by atoms with Gasteiger partial charge in [-0.15, -0.1) is 0 Å². The van der Waals surface area contributed by atoms with E-state index in [4.69, 9.17) is 0 Å². The average Bonchev–Trinajstić information content (AvgIpc) is 2.99. The molecule has 42 heavy (non-hydrogen) atoms. The number of rotatable bonds is 17. The van der Waals surface area contributed by atoms with Gasteiger partial charge in [-0.2, -0.15) is 0 Å². The van der Waals surface area contributed by atoms with E-state index in [0.717, 1.165) is 74.4 Å². The molecule has 2 aliphatic heterocycles. The van der Waals surface area contributed by atoms with Crippen LogP contribution in [0.1, 0.15) is 62.5 Å². The average molecular weight is 583 g/mol. The Kier molecular flexibility index (Phi) is 12.2. The van der Waals surface area contributed by atoms with Crippen LogP contribution in [0.15, 0.2) is 48.5 Å². The number of nitrogens with zero attached hydrogens (tertiary/aromatic N) is 4. The second kappa shape index (κ2) is 16.1. The van der Waals surface area contributed by atoms with Crippen LogP contribution in [0, 0.1) is 20.2 Å². The van der Waals surface area contributed by atoms with Crippen molar-refractivity contribution in [3.8, 4) is 0 Å². The third-order valence-electron chi connectivity index (χ3n) is 9.40. The van der Waals surface area contributed by atoms with Gasteiger partial charge in [-0.1, -0.05) is 25.7 Å². The lowest BCUT2D eigenvalue weighted by Gasteiger charge is -2.42. The number of nitro benzene ring substituents is 2. The summed E-state index contributed by atoms with van der Waals surface area (Å²) < 4.78 is 2.17. The molecule has 0 spiro atoms. The third-order valence-corrected chi connectivity index (χ3v) is 9.40. The summed E-state index contributed by atoms with van der Waals surface area (Å²) in [6, 6.07) is 14.3. The highest BCUT2D eigenvalue weighted by Gasteiger charge is 2.31. The molecule has 2 aromatic carbocycles. The predicted octanol–water partition coefficient (Wildman–Crippen LogP) is 5.16. The number of nitrogens with one attached hydrogen (secondary N) is 2. The van der Waals surface area contributed by atoms with E-state index < -0.39 is 0 Å². The number of nitro groups is 2. The Balaban J connectivity index is 1.12. The monoisotopic (exact) mass is 582 g/mol. The van der Waals surface area contributed by atoms with Gasteiger partial charge in [0.1, 0.15) is 13.1 Å². The molecule has 10 heteroatoms. The fourth-order valence-corrected chi connectivity index (χ4v) is 6.84. The minimum atomic E-state index is -0.326. The first-order valence-electron chi connectivity index (χ1n) is 16.0. The number of hydrogen-bond acceptors (Lipinski definition) is 6. The van der Waals surface area contributed by atoms with Gasteiger partial charge in [0.2, 0.25) is 0 Å². The molecule has 2 saturated heterocycles. The normalized spacial score (nSPS) is 18.0. The van der Waals surface area contributed by atoms with Crippen LogP contribution < -0.4 is 10.6 Å². The number of hydrogen-bond donors (Lipinski definition) is 2. The highest BCUT2D eigenvalue weighted by Crippen LogP contribution is 2.23. The standard InChI is InChI=1S/C32H50N6O4/c39-35(40)31-13-9-29(10-14-31)27-37(23-17-33-18-24-37)21-7-5-3-1-2-4-6-8-22-38(25-19-34-20-26-38)28-30-11-15-32(16-12-30)36(41)42/h9-16,33-34H,1-8,17-28H2/q+2. The van der Waals surface area contributed by atoms with Crippen LogP contribution in [0.2, 0.25) is 0 Å². The van der Waals surface area contributed by atoms with Crippen LogP contribution in [-0.2, 0) is 13.1 Å². The van der Waals surface area contributed by atoms with Crippen LogP contribution in [0.4, 0.5) is 11.4 Å². The van der Waals surface area contributed by atoms with E-state index in [0.29, 0.717) is 0 Å². The van der Waals surface area contributed by atoms with Crippen LogP contribution >= 0.6 is 0 Å². The maximum atomic E-state index is 11.0.